The first-order valence-electron chi connectivity index (χ1n) is 8.08. The summed E-state index contributed by atoms with van der Waals surface area (Å²) in [5.74, 6) is 0.560. The molecule has 1 unspecified atom stereocenters. The van der Waals surface area contributed by atoms with Gasteiger partial charge in [0.15, 0.2) is 11.1 Å². The molecule has 3 N–H and O–H groups in total. The van der Waals surface area contributed by atoms with Crippen LogP contribution in [0.4, 0.5) is 5.13 Å². The van der Waals surface area contributed by atoms with Crippen molar-refractivity contribution >= 4 is 28.3 Å². The van der Waals surface area contributed by atoms with E-state index in [0.717, 1.165) is 37.7 Å². The summed E-state index contributed by atoms with van der Waals surface area (Å²) >= 11 is 1.65. The van der Waals surface area contributed by atoms with E-state index in [4.69, 9.17) is 5.73 Å². The lowest BCUT2D eigenvalue weighted by molar-refractivity contribution is -0.121. The number of carbonyl (C=O) groups excluding carboxylic acids is 1. The molecule has 1 fully saturated rings. The van der Waals surface area contributed by atoms with E-state index >= 15 is 0 Å². The van der Waals surface area contributed by atoms with Crippen molar-refractivity contribution in [2.24, 2.45) is 10.7 Å². The highest BCUT2D eigenvalue weighted by Gasteiger charge is 2.19. The highest BCUT2D eigenvalue weighted by Crippen LogP contribution is 2.18. The summed E-state index contributed by atoms with van der Waals surface area (Å²) in [5.41, 5.74) is 6.04. The van der Waals surface area contributed by atoms with E-state index in [-0.39, 0.29) is 11.9 Å². The third-order valence-corrected chi connectivity index (χ3v) is 4.76. The lowest BCUT2D eigenvalue weighted by Gasteiger charge is -2.35. The summed E-state index contributed by atoms with van der Waals surface area (Å²) in [7, 11) is 0. The smallest absolute Gasteiger partial charge is 0.222 e. The summed E-state index contributed by atoms with van der Waals surface area (Å²) < 4.78 is 0. The Morgan fingerprint density at radius 1 is 1.48 bits per heavy atom. The number of anilines is 1. The average Bonchev–Trinajstić information content (AvgIpc) is 3.09. The van der Waals surface area contributed by atoms with E-state index in [1.165, 1.54) is 0 Å². The molecule has 1 saturated heterocycles. The zero-order valence-corrected chi connectivity index (χ0v) is 14.7. The number of nitrogens with zero attached hydrogens (tertiary/aromatic N) is 4. The average molecular weight is 338 g/mol. The maximum absolute atomic E-state index is 11.7. The molecule has 7 nitrogen and oxygen atoms in total. The predicted octanol–water partition coefficient (Wildman–Crippen LogP) is 0.885. The number of carbonyl (C=O) groups is 1. The molecule has 1 amide bonds. The summed E-state index contributed by atoms with van der Waals surface area (Å²) in [6.45, 7) is 7.91. The standard InChI is InChI=1S/C15H26N6OS/c1-3-12(2)19-13(22)4-5-17-14(16)20-7-9-21(10-8-20)15-18-6-11-23-15/h6,11-12H,3-5,7-10H2,1-2H3,(H2,16,17)(H,19,22). The second-order valence-electron chi connectivity index (χ2n) is 5.66. The van der Waals surface area contributed by atoms with Crippen molar-refractivity contribution in [2.45, 2.75) is 32.7 Å². The molecule has 2 rings (SSSR count). The van der Waals surface area contributed by atoms with Crippen LogP contribution in [0.15, 0.2) is 16.6 Å². The van der Waals surface area contributed by atoms with Gasteiger partial charge in [-0.1, -0.05) is 6.92 Å². The van der Waals surface area contributed by atoms with E-state index in [0.29, 0.717) is 18.9 Å². The number of thiazole rings is 1. The Balaban J connectivity index is 1.71. The number of aliphatic imine (C=N–C) groups is 1. The van der Waals surface area contributed by atoms with Crippen molar-refractivity contribution in [3.05, 3.63) is 11.6 Å². The van der Waals surface area contributed by atoms with Gasteiger partial charge in [-0.25, -0.2) is 4.98 Å². The zero-order chi connectivity index (χ0) is 16.7. The Morgan fingerprint density at radius 3 is 2.83 bits per heavy atom. The number of nitrogens with two attached hydrogens (primary N) is 1. The molecule has 0 saturated carbocycles. The first kappa shape index (κ1) is 17.5. The highest BCUT2D eigenvalue weighted by molar-refractivity contribution is 7.13. The molecule has 0 bridgehead atoms. The van der Waals surface area contributed by atoms with Crippen molar-refractivity contribution < 1.29 is 4.79 Å². The first-order chi connectivity index (χ1) is 11.1. The van der Waals surface area contributed by atoms with Crippen molar-refractivity contribution in [2.75, 3.05) is 37.6 Å². The summed E-state index contributed by atoms with van der Waals surface area (Å²) in [4.78, 5) is 24.7. The van der Waals surface area contributed by atoms with E-state index < -0.39 is 0 Å². The molecule has 0 spiro atoms. The van der Waals surface area contributed by atoms with Crippen LogP contribution in [0.1, 0.15) is 26.7 Å². The SMILES string of the molecule is CCC(C)NC(=O)CCN=C(N)N1CCN(c2nccs2)CC1. The molecule has 1 aromatic rings. The van der Waals surface area contributed by atoms with Gasteiger partial charge in [0.05, 0.1) is 6.54 Å². The Hall–Kier alpha value is -1.83. The quantitative estimate of drug-likeness (QED) is 0.594. The fourth-order valence-corrected chi connectivity index (χ4v) is 3.02. The van der Waals surface area contributed by atoms with Crippen LogP contribution in [0.5, 0.6) is 0 Å². The lowest BCUT2D eigenvalue weighted by Crippen LogP contribution is -2.51. The second kappa shape index (κ2) is 8.71. The van der Waals surface area contributed by atoms with Crippen LogP contribution in [0.25, 0.3) is 0 Å². The molecule has 0 aromatic carbocycles. The van der Waals surface area contributed by atoms with Crippen molar-refractivity contribution in [1.82, 2.24) is 15.2 Å². The van der Waals surface area contributed by atoms with Gasteiger partial charge in [-0.15, -0.1) is 11.3 Å². The van der Waals surface area contributed by atoms with Gasteiger partial charge in [0.2, 0.25) is 5.91 Å². The van der Waals surface area contributed by atoms with Gasteiger partial charge in [-0.3, -0.25) is 9.79 Å². The van der Waals surface area contributed by atoms with E-state index in [2.05, 4.69) is 25.1 Å². The van der Waals surface area contributed by atoms with Gasteiger partial charge in [0.1, 0.15) is 0 Å². The molecule has 1 aromatic heterocycles. The number of piperazine rings is 1. The van der Waals surface area contributed by atoms with Crippen LogP contribution in [-0.2, 0) is 4.79 Å². The molecule has 2 heterocycles. The largest absolute Gasteiger partial charge is 0.370 e. The van der Waals surface area contributed by atoms with Gasteiger partial charge in [0, 0.05) is 50.2 Å². The molecule has 1 atom stereocenters. The normalized spacial score (nSPS) is 17.2. The minimum Gasteiger partial charge on any atom is -0.370 e. The van der Waals surface area contributed by atoms with Gasteiger partial charge >= 0.3 is 0 Å². The molecule has 0 aliphatic carbocycles. The molecule has 8 heteroatoms. The van der Waals surface area contributed by atoms with Crippen LogP contribution in [0.2, 0.25) is 0 Å². The highest BCUT2D eigenvalue weighted by atomic mass is 32.1. The second-order valence-corrected chi connectivity index (χ2v) is 6.53. The number of rotatable bonds is 6. The number of hydrogen-bond acceptors (Lipinski definition) is 5. The summed E-state index contributed by atoms with van der Waals surface area (Å²) in [6.07, 6.45) is 3.14. The molecule has 0 radical (unpaired) electrons. The third kappa shape index (κ3) is 5.38. The number of amides is 1. The molecule has 1 aliphatic rings. The van der Waals surface area contributed by atoms with Crippen molar-refractivity contribution in [3.63, 3.8) is 0 Å². The van der Waals surface area contributed by atoms with Crippen molar-refractivity contribution in [1.29, 1.82) is 0 Å². The minimum absolute atomic E-state index is 0.0319. The maximum atomic E-state index is 11.7. The first-order valence-corrected chi connectivity index (χ1v) is 8.96. The molecule has 1 aliphatic heterocycles. The van der Waals surface area contributed by atoms with Gasteiger partial charge < -0.3 is 20.9 Å². The molecule has 23 heavy (non-hydrogen) atoms. The zero-order valence-electron chi connectivity index (χ0n) is 13.9. The summed E-state index contributed by atoms with van der Waals surface area (Å²) in [5, 5.41) is 5.97. The van der Waals surface area contributed by atoms with Crippen molar-refractivity contribution in [3.8, 4) is 0 Å². The summed E-state index contributed by atoms with van der Waals surface area (Å²) in [6, 6.07) is 0.211. The van der Waals surface area contributed by atoms with Gasteiger partial charge in [0.25, 0.3) is 0 Å². The molecular formula is C15H26N6OS. The molecular weight excluding hydrogens is 312 g/mol. The van der Waals surface area contributed by atoms with Crippen LogP contribution in [0.3, 0.4) is 0 Å². The van der Waals surface area contributed by atoms with E-state index in [9.17, 15) is 4.79 Å². The van der Waals surface area contributed by atoms with Crippen LogP contribution < -0.4 is 16.0 Å². The van der Waals surface area contributed by atoms with E-state index in [1.807, 2.05) is 25.4 Å². The Labute approximate surface area is 141 Å². The Morgan fingerprint density at radius 2 is 2.22 bits per heavy atom. The number of guanidine groups is 1. The van der Waals surface area contributed by atoms with E-state index in [1.54, 1.807) is 11.3 Å². The number of aromatic nitrogens is 1. The third-order valence-electron chi connectivity index (χ3n) is 3.93. The van der Waals surface area contributed by atoms with Gasteiger partial charge in [-0.05, 0) is 13.3 Å². The fourth-order valence-electron chi connectivity index (χ4n) is 2.32. The number of hydrogen-bond donors (Lipinski definition) is 2. The monoisotopic (exact) mass is 338 g/mol. The lowest BCUT2D eigenvalue weighted by atomic mass is 10.2. The topological polar surface area (TPSA) is 86.8 Å². The maximum Gasteiger partial charge on any atom is 0.222 e. The Bertz CT molecular complexity index is 510. The van der Waals surface area contributed by atoms with Crippen LogP contribution in [-0.4, -0.2) is 60.5 Å². The van der Waals surface area contributed by atoms with Crippen LogP contribution in [0, 0.1) is 0 Å². The Kier molecular flexibility index (Phi) is 6.64. The van der Waals surface area contributed by atoms with Gasteiger partial charge in [-0.2, -0.15) is 0 Å². The molecule has 128 valence electrons. The minimum atomic E-state index is 0.0319. The van der Waals surface area contributed by atoms with Crippen LogP contribution >= 0.6 is 11.3 Å². The predicted molar refractivity (Wildman–Crippen MR) is 94.9 cm³/mol. The fraction of sp³-hybridized carbons (Fsp3) is 0.667. The number of nitrogens with one attached hydrogen (secondary N) is 1.